The number of nitrogens with zero attached hydrogens (tertiary/aromatic N) is 2. The molecule has 78 valence electrons. The minimum absolute atomic E-state index is 0.360. The standard InChI is InChI=1S/C10H17N3S/c1-8(10-5-12-7-14-10)13-4-2-3-9(11)6-13/h5,7-9H,2-4,6,11H2,1H3. The van der Waals surface area contributed by atoms with Gasteiger partial charge in [-0.3, -0.25) is 9.88 Å². The maximum atomic E-state index is 5.96. The van der Waals surface area contributed by atoms with Crippen molar-refractivity contribution in [1.29, 1.82) is 0 Å². The first-order chi connectivity index (χ1) is 6.77. The summed E-state index contributed by atoms with van der Waals surface area (Å²) in [5.41, 5.74) is 7.86. The van der Waals surface area contributed by atoms with Gasteiger partial charge in [-0.1, -0.05) is 0 Å². The number of piperidine rings is 1. The Balaban J connectivity index is 2.00. The third kappa shape index (κ3) is 2.13. The summed E-state index contributed by atoms with van der Waals surface area (Å²) in [5, 5.41) is 0. The Morgan fingerprint density at radius 2 is 2.57 bits per heavy atom. The Kier molecular flexibility index (Phi) is 3.15. The van der Waals surface area contributed by atoms with E-state index in [1.165, 1.54) is 24.3 Å². The van der Waals surface area contributed by atoms with Crippen LogP contribution in [0.15, 0.2) is 11.7 Å². The van der Waals surface area contributed by atoms with Gasteiger partial charge in [0.2, 0.25) is 0 Å². The minimum Gasteiger partial charge on any atom is -0.327 e. The maximum Gasteiger partial charge on any atom is 0.0794 e. The van der Waals surface area contributed by atoms with Gasteiger partial charge in [0, 0.05) is 29.7 Å². The molecule has 0 amide bonds. The van der Waals surface area contributed by atoms with Crippen molar-refractivity contribution in [3.8, 4) is 0 Å². The molecular weight excluding hydrogens is 194 g/mol. The number of aromatic nitrogens is 1. The van der Waals surface area contributed by atoms with E-state index < -0.39 is 0 Å². The molecule has 0 spiro atoms. The molecule has 2 atom stereocenters. The Morgan fingerprint density at radius 1 is 1.71 bits per heavy atom. The van der Waals surface area contributed by atoms with Crippen molar-refractivity contribution in [2.45, 2.75) is 31.8 Å². The van der Waals surface area contributed by atoms with Crippen molar-refractivity contribution in [1.82, 2.24) is 9.88 Å². The Morgan fingerprint density at radius 3 is 3.21 bits per heavy atom. The van der Waals surface area contributed by atoms with E-state index >= 15 is 0 Å². The Hall–Kier alpha value is -0.450. The average Bonchev–Trinajstić information content (AvgIpc) is 2.69. The van der Waals surface area contributed by atoms with Crippen LogP contribution >= 0.6 is 11.3 Å². The van der Waals surface area contributed by atoms with Gasteiger partial charge in [0.1, 0.15) is 0 Å². The average molecular weight is 211 g/mol. The van der Waals surface area contributed by atoms with Gasteiger partial charge in [-0.05, 0) is 26.3 Å². The molecule has 2 unspecified atom stereocenters. The SMILES string of the molecule is CC(c1cncs1)N1CCCC(N)C1. The summed E-state index contributed by atoms with van der Waals surface area (Å²) in [6.45, 7) is 4.44. The monoisotopic (exact) mass is 211 g/mol. The highest BCUT2D eigenvalue weighted by Crippen LogP contribution is 2.25. The van der Waals surface area contributed by atoms with E-state index in [1.807, 2.05) is 11.7 Å². The highest BCUT2D eigenvalue weighted by molar-refractivity contribution is 7.09. The molecule has 0 aliphatic carbocycles. The van der Waals surface area contributed by atoms with Gasteiger partial charge >= 0.3 is 0 Å². The van der Waals surface area contributed by atoms with Gasteiger partial charge in [-0.15, -0.1) is 11.3 Å². The maximum absolute atomic E-state index is 5.96. The fraction of sp³-hybridized carbons (Fsp3) is 0.700. The molecule has 1 aromatic rings. The molecule has 1 saturated heterocycles. The minimum atomic E-state index is 0.360. The van der Waals surface area contributed by atoms with Crippen molar-refractivity contribution in [3.63, 3.8) is 0 Å². The zero-order valence-electron chi connectivity index (χ0n) is 8.52. The lowest BCUT2D eigenvalue weighted by atomic mass is 10.0. The number of rotatable bonds is 2. The van der Waals surface area contributed by atoms with Crippen LogP contribution in [0.1, 0.15) is 30.7 Å². The van der Waals surface area contributed by atoms with Gasteiger partial charge < -0.3 is 5.73 Å². The zero-order valence-corrected chi connectivity index (χ0v) is 9.33. The molecule has 0 bridgehead atoms. The summed E-state index contributed by atoms with van der Waals surface area (Å²) in [4.78, 5) is 7.92. The van der Waals surface area contributed by atoms with Crippen molar-refractivity contribution >= 4 is 11.3 Å². The van der Waals surface area contributed by atoms with Crippen molar-refractivity contribution < 1.29 is 0 Å². The van der Waals surface area contributed by atoms with E-state index in [1.54, 1.807) is 11.3 Å². The van der Waals surface area contributed by atoms with E-state index in [-0.39, 0.29) is 0 Å². The Bertz CT molecular complexity index is 273. The summed E-state index contributed by atoms with van der Waals surface area (Å²) in [6, 6.07) is 0.841. The fourth-order valence-corrected chi connectivity index (χ4v) is 2.72. The second-order valence-corrected chi connectivity index (χ2v) is 4.89. The van der Waals surface area contributed by atoms with Gasteiger partial charge in [0.15, 0.2) is 0 Å². The topological polar surface area (TPSA) is 42.2 Å². The van der Waals surface area contributed by atoms with Gasteiger partial charge in [0.05, 0.1) is 5.51 Å². The Labute approximate surface area is 88.9 Å². The van der Waals surface area contributed by atoms with Crippen molar-refractivity contribution in [2.75, 3.05) is 13.1 Å². The predicted molar refractivity (Wildman–Crippen MR) is 59.3 cm³/mol. The highest BCUT2D eigenvalue weighted by Gasteiger charge is 2.22. The molecule has 1 aliphatic heterocycles. The first-order valence-corrected chi connectivity index (χ1v) is 6.03. The predicted octanol–water partition coefficient (Wildman–Crippen LogP) is 1.63. The molecule has 2 heterocycles. The van der Waals surface area contributed by atoms with Gasteiger partial charge in [0.25, 0.3) is 0 Å². The summed E-state index contributed by atoms with van der Waals surface area (Å²) >= 11 is 1.73. The molecule has 14 heavy (non-hydrogen) atoms. The van der Waals surface area contributed by atoms with Crippen molar-refractivity contribution in [3.05, 3.63) is 16.6 Å². The van der Waals surface area contributed by atoms with E-state index in [4.69, 9.17) is 5.73 Å². The van der Waals surface area contributed by atoms with Crippen LogP contribution in [0.4, 0.5) is 0 Å². The molecular formula is C10H17N3S. The molecule has 1 aromatic heterocycles. The second-order valence-electron chi connectivity index (χ2n) is 3.98. The lowest BCUT2D eigenvalue weighted by Crippen LogP contribution is -2.43. The van der Waals surface area contributed by atoms with Crippen LogP contribution in [-0.2, 0) is 0 Å². The van der Waals surface area contributed by atoms with Crippen molar-refractivity contribution in [2.24, 2.45) is 5.73 Å². The van der Waals surface area contributed by atoms with E-state index in [0.29, 0.717) is 12.1 Å². The quantitative estimate of drug-likeness (QED) is 0.808. The third-order valence-electron chi connectivity index (χ3n) is 2.90. The zero-order chi connectivity index (χ0) is 9.97. The van der Waals surface area contributed by atoms with Crippen LogP contribution in [0.3, 0.4) is 0 Å². The van der Waals surface area contributed by atoms with Crippen LogP contribution in [0.25, 0.3) is 0 Å². The van der Waals surface area contributed by atoms with Crippen LogP contribution in [0, 0.1) is 0 Å². The van der Waals surface area contributed by atoms with E-state index in [0.717, 1.165) is 6.54 Å². The highest BCUT2D eigenvalue weighted by atomic mass is 32.1. The molecule has 1 aliphatic rings. The molecule has 2 rings (SSSR count). The number of likely N-dealkylation sites (tertiary alicyclic amines) is 1. The second kappa shape index (κ2) is 4.38. The summed E-state index contributed by atoms with van der Waals surface area (Å²) < 4.78 is 0. The number of hydrogen-bond donors (Lipinski definition) is 1. The van der Waals surface area contributed by atoms with E-state index in [9.17, 15) is 0 Å². The third-order valence-corrected chi connectivity index (χ3v) is 3.85. The molecule has 1 fully saturated rings. The summed E-state index contributed by atoms with van der Waals surface area (Å²) in [5.74, 6) is 0. The number of hydrogen-bond acceptors (Lipinski definition) is 4. The summed E-state index contributed by atoms with van der Waals surface area (Å²) in [7, 11) is 0. The number of thiazole rings is 1. The van der Waals surface area contributed by atoms with Gasteiger partial charge in [-0.25, -0.2) is 0 Å². The van der Waals surface area contributed by atoms with Crippen LogP contribution in [-0.4, -0.2) is 29.0 Å². The van der Waals surface area contributed by atoms with Gasteiger partial charge in [-0.2, -0.15) is 0 Å². The lowest BCUT2D eigenvalue weighted by molar-refractivity contribution is 0.161. The fourth-order valence-electron chi connectivity index (χ4n) is 2.00. The normalized spacial score (nSPS) is 26.3. The first kappa shape index (κ1) is 10.1. The smallest absolute Gasteiger partial charge is 0.0794 e. The largest absolute Gasteiger partial charge is 0.327 e. The van der Waals surface area contributed by atoms with Crippen LogP contribution < -0.4 is 5.73 Å². The molecule has 3 nitrogen and oxygen atoms in total. The molecule has 4 heteroatoms. The molecule has 2 N–H and O–H groups in total. The number of nitrogens with two attached hydrogens (primary N) is 1. The summed E-state index contributed by atoms with van der Waals surface area (Å²) in [6.07, 6.45) is 4.37. The molecule has 0 saturated carbocycles. The lowest BCUT2D eigenvalue weighted by Gasteiger charge is -2.34. The molecule has 0 aromatic carbocycles. The molecule has 0 radical (unpaired) electrons. The van der Waals surface area contributed by atoms with Crippen LogP contribution in [0.5, 0.6) is 0 Å². The first-order valence-electron chi connectivity index (χ1n) is 5.15. The van der Waals surface area contributed by atoms with Crippen LogP contribution in [0.2, 0.25) is 0 Å². The van der Waals surface area contributed by atoms with E-state index in [2.05, 4.69) is 16.8 Å².